The van der Waals surface area contributed by atoms with E-state index in [4.69, 9.17) is 5.73 Å². The minimum Gasteiger partial charge on any atom is -0.398 e. The smallest absolute Gasteiger partial charge is 0.123 e. The van der Waals surface area contributed by atoms with Crippen molar-refractivity contribution in [1.82, 2.24) is 4.90 Å². The number of fused-ring (bicyclic) bond motifs is 1. The minimum atomic E-state index is -0.171. The largest absolute Gasteiger partial charge is 0.398 e. The summed E-state index contributed by atoms with van der Waals surface area (Å²) in [5, 5.41) is 0. The summed E-state index contributed by atoms with van der Waals surface area (Å²) >= 11 is 0. The molecule has 0 fully saturated rings. The zero-order valence-corrected chi connectivity index (χ0v) is 11.0. The lowest BCUT2D eigenvalue weighted by Gasteiger charge is -2.16. The molecular formula is C16H17FN2. The van der Waals surface area contributed by atoms with E-state index in [0.717, 1.165) is 30.9 Å². The van der Waals surface area contributed by atoms with Gasteiger partial charge in [-0.05, 0) is 47.4 Å². The fourth-order valence-electron chi connectivity index (χ4n) is 2.71. The van der Waals surface area contributed by atoms with Gasteiger partial charge in [-0.3, -0.25) is 4.90 Å². The van der Waals surface area contributed by atoms with E-state index in [2.05, 4.69) is 11.0 Å². The normalized spacial score (nSPS) is 14.6. The van der Waals surface area contributed by atoms with Gasteiger partial charge < -0.3 is 5.73 Å². The SMILES string of the molecule is Cc1cc(F)ccc1CN1Cc2cccc(N)c2C1. The van der Waals surface area contributed by atoms with E-state index in [-0.39, 0.29) is 5.82 Å². The number of nitrogen functional groups attached to an aromatic ring is 1. The molecule has 0 aliphatic carbocycles. The van der Waals surface area contributed by atoms with Gasteiger partial charge in [0.2, 0.25) is 0 Å². The monoisotopic (exact) mass is 256 g/mol. The zero-order valence-electron chi connectivity index (χ0n) is 11.0. The van der Waals surface area contributed by atoms with E-state index in [1.54, 1.807) is 6.07 Å². The van der Waals surface area contributed by atoms with E-state index >= 15 is 0 Å². The molecule has 0 radical (unpaired) electrons. The number of benzene rings is 2. The van der Waals surface area contributed by atoms with Crippen LogP contribution in [-0.2, 0) is 19.6 Å². The third kappa shape index (κ3) is 2.34. The van der Waals surface area contributed by atoms with Gasteiger partial charge in [0.15, 0.2) is 0 Å². The molecule has 0 unspecified atom stereocenters. The van der Waals surface area contributed by atoms with Crippen LogP contribution in [-0.4, -0.2) is 4.90 Å². The summed E-state index contributed by atoms with van der Waals surface area (Å²) in [6, 6.07) is 11.1. The first-order valence-electron chi connectivity index (χ1n) is 6.47. The standard InChI is InChI=1S/C16H17FN2/c1-11-7-14(17)6-5-12(11)8-19-9-13-3-2-4-16(18)15(13)10-19/h2-7H,8-10,18H2,1H3. The third-order valence-corrected chi connectivity index (χ3v) is 3.78. The van der Waals surface area contributed by atoms with Gasteiger partial charge in [0.25, 0.3) is 0 Å². The highest BCUT2D eigenvalue weighted by atomic mass is 19.1. The maximum Gasteiger partial charge on any atom is 0.123 e. The molecule has 2 N–H and O–H groups in total. The average Bonchev–Trinajstić information content (AvgIpc) is 2.77. The maximum absolute atomic E-state index is 13.1. The van der Waals surface area contributed by atoms with Gasteiger partial charge in [-0.2, -0.15) is 0 Å². The molecule has 0 amide bonds. The van der Waals surface area contributed by atoms with Crippen LogP contribution in [0.15, 0.2) is 36.4 Å². The summed E-state index contributed by atoms with van der Waals surface area (Å²) in [5.41, 5.74) is 11.6. The van der Waals surface area contributed by atoms with Crippen molar-refractivity contribution in [1.29, 1.82) is 0 Å². The molecular weight excluding hydrogens is 239 g/mol. The summed E-state index contributed by atoms with van der Waals surface area (Å²) in [6.07, 6.45) is 0. The summed E-state index contributed by atoms with van der Waals surface area (Å²) < 4.78 is 13.1. The summed E-state index contributed by atoms with van der Waals surface area (Å²) in [7, 11) is 0. The van der Waals surface area contributed by atoms with Crippen LogP contribution in [0.4, 0.5) is 10.1 Å². The van der Waals surface area contributed by atoms with Crippen LogP contribution in [0, 0.1) is 12.7 Å². The van der Waals surface area contributed by atoms with Crippen LogP contribution in [0.5, 0.6) is 0 Å². The third-order valence-electron chi connectivity index (χ3n) is 3.78. The molecule has 2 aromatic rings. The number of nitrogens with zero attached hydrogens (tertiary/aromatic N) is 1. The fraction of sp³-hybridized carbons (Fsp3) is 0.250. The minimum absolute atomic E-state index is 0.171. The number of halogens is 1. The lowest BCUT2D eigenvalue weighted by Crippen LogP contribution is -2.16. The lowest BCUT2D eigenvalue weighted by molar-refractivity contribution is 0.275. The van der Waals surface area contributed by atoms with Crippen molar-refractivity contribution in [2.75, 3.05) is 5.73 Å². The van der Waals surface area contributed by atoms with Crippen molar-refractivity contribution in [3.05, 3.63) is 64.5 Å². The average molecular weight is 256 g/mol. The number of hydrogen-bond donors (Lipinski definition) is 1. The Labute approximate surface area is 112 Å². The molecule has 3 heteroatoms. The van der Waals surface area contributed by atoms with Crippen LogP contribution in [0.1, 0.15) is 22.3 Å². The van der Waals surface area contributed by atoms with E-state index < -0.39 is 0 Å². The molecule has 0 aromatic heterocycles. The fourth-order valence-corrected chi connectivity index (χ4v) is 2.71. The molecule has 0 saturated carbocycles. The molecule has 1 heterocycles. The van der Waals surface area contributed by atoms with Crippen LogP contribution < -0.4 is 5.73 Å². The van der Waals surface area contributed by atoms with Crippen molar-refractivity contribution in [2.24, 2.45) is 0 Å². The van der Waals surface area contributed by atoms with Crippen LogP contribution >= 0.6 is 0 Å². The Hall–Kier alpha value is -1.87. The molecule has 2 aromatic carbocycles. The molecule has 1 aliphatic heterocycles. The first-order chi connectivity index (χ1) is 9.13. The van der Waals surface area contributed by atoms with E-state index in [0.29, 0.717) is 0 Å². The van der Waals surface area contributed by atoms with Gasteiger partial charge >= 0.3 is 0 Å². The maximum atomic E-state index is 13.1. The summed E-state index contributed by atoms with van der Waals surface area (Å²) in [5.74, 6) is -0.171. The second-order valence-electron chi connectivity index (χ2n) is 5.20. The van der Waals surface area contributed by atoms with Gasteiger partial charge in [0, 0.05) is 25.3 Å². The van der Waals surface area contributed by atoms with E-state index in [1.807, 2.05) is 25.1 Å². The highest BCUT2D eigenvalue weighted by Gasteiger charge is 2.20. The second-order valence-corrected chi connectivity index (χ2v) is 5.20. The summed E-state index contributed by atoms with van der Waals surface area (Å²) in [6.45, 7) is 4.58. The van der Waals surface area contributed by atoms with E-state index in [9.17, 15) is 4.39 Å². The molecule has 1 aliphatic rings. The molecule has 3 rings (SSSR count). The van der Waals surface area contributed by atoms with Crippen molar-refractivity contribution < 1.29 is 4.39 Å². The Balaban J connectivity index is 1.79. The van der Waals surface area contributed by atoms with Crippen molar-refractivity contribution >= 4 is 5.69 Å². The molecule has 0 spiro atoms. The first-order valence-corrected chi connectivity index (χ1v) is 6.47. The van der Waals surface area contributed by atoms with Gasteiger partial charge in [0.1, 0.15) is 5.82 Å². The number of aryl methyl sites for hydroxylation is 1. The van der Waals surface area contributed by atoms with Crippen LogP contribution in [0.3, 0.4) is 0 Å². The molecule has 0 atom stereocenters. The zero-order chi connectivity index (χ0) is 13.4. The molecule has 19 heavy (non-hydrogen) atoms. The van der Waals surface area contributed by atoms with Crippen molar-refractivity contribution in [3.8, 4) is 0 Å². The quantitative estimate of drug-likeness (QED) is 0.836. The highest BCUT2D eigenvalue weighted by molar-refractivity contribution is 5.52. The molecule has 0 saturated heterocycles. The number of rotatable bonds is 2. The van der Waals surface area contributed by atoms with Crippen LogP contribution in [0.25, 0.3) is 0 Å². The lowest BCUT2D eigenvalue weighted by atomic mass is 10.1. The molecule has 2 nitrogen and oxygen atoms in total. The van der Waals surface area contributed by atoms with Crippen molar-refractivity contribution in [2.45, 2.75) is 26.6 Å². The van der Waals surface area contributed by atoms with Crippen molar-refractivity contribution in [3.63, 3.8) is 0 Å². The first kappa shape index (κ1) is 12.2. The highest BCUT2D eigenvalue weighted by Crippen LogP contribution is 2.29. The Morgan fingerprint density at radius 1 is 1.21 bits per heavy atom. The molecule has 0 bridgehead atoms. The number of nitrogens with two attached hydrogens (primary N) is 1. The van der Waals surface area contributed by atoms with E-state index in [1.165, 1.54) is 22.8 Å². The number of anilines is 1. The van der Waals surface area contributed by atoms with Gasteiger partial charge in [-0.25, -0.2) is 4.39 Å². The second kappa shape index (κ2) is 4.67. The Kier molecular flexibility index (Phi) is 2.99. The summed E-state index contributed by atoms with van der Waals surface area (Å²) in [4.78, 5) is 2.33. The predicted octanol–water partition coefficient (Wildman–Crippen LogP) is 3.23. The molecule has 98 valence electrons. The van der Waals surface area contributed by atoms with Gasteiger partial charge in [-0.1, -0.05) is 18.2 Å². The Bertz CT molecular complexity index is 622. The predicted molar refractivity (Wildman–Crippen MR) is 74.9 cm³/mol. The van der Waals surface area contributed by atoms with Gasteiger partial charge in [-0.15, -0.1) is 0 Å². The number of hydrogen-bond acceptors (Lipinski definition) is 2. The Morgan fingerprint density at radius 2 is 2.05 bits per heavy atom. The van der Waals surface area contributed by atoms with Crippen LogP contribution in [0.2, 0.25) is 0 Å². The topological polar surface area (TPSA) is 29.3 Å². The van der Waals surface area contributed by atoms with Gasteiger partial charge in [0.05, 0.1) is 0 Å². The Morgan fingerprint density at radius 3 is 2.79 bits per heavy atom.